The van der Waals surface area contributed by atoms with Crippen LogP contribution in [0.5, 0.6) is 0 Å². The van der Waals surface area contributed by atoms with Gasteiger partial charge in [-0.3, -0.25) is 4.79 Å². The Kier molecular flexibility index (Phi) is 4.63. The lowest BCUT2D eigenvalue weighted by atomic mass is 9.91. The average molecular weight is 271 g/mol. The van der Waals surface area contributed by atoms with Crippen LogP contribution >= 0.6 is 11.8 Å². The van der Waals surface area contributed by atoms with Crippen LogP contribution < -0.4 is 5.73 Å². The van der Waals surface area contributed by atoms with Crippen molar-refractivity contribution in [2.75, 3.05) is 5.75 Å². The van der Waals surface area contributed by atoms with Gasteiger partial charge in [-0.2, -0.15) is 0 Å². The zero-order chi connectivity index (χ0) is 13.7. The number of benzene rings is 2. The lowest BCUT2D eigenvalue weighted by molar-refractivity contribution is -0.118. The molecule has 0 aliphatic carbocycles. The summed E-state index contributed by atoms with van der Waals surface area (Å²) in [6.07, 6.45) is 0. The van der Waals surface area contributed by atoms with Gasteiger partial charge in [0.15, 0.2) is 0 Å². The van der Waals surface area contributed by atoms with Crippen molar-refractivity contribution in [1.82, 2.24) is 0 Å². The molecule has 2 aromatic carbocycles. The van der Waals surface area contributed by atoms with Crippen molar-refractivity contribution in [3.05, 3.63) is 65.7 Å². The fourth-order valence-electron chi connectivity index (χ4n) is 2.15. The largest absolute Gasteiger partial charge is 0.369 e. The molecule has 0 spiro atoms. The van der Waals surface area contributed by atoms with Gasteiger partial charge in [-0.1, -0.05) is 55.5 Å². The first kappa shape index (κ1) is 13.7. The molecule has 2 N–H and O–H groups in total. The van der Waals surface area contributed by atoms with E-state index in [1.807, 2.05) is 54.6 Å². The standard InChI is InChI=1S/C16H17NOS/c1-2-19-14-11-7-6-10-13(14)15(16(17)18)12-8-4-3-5-9-12/h3-11,15H,2H2,1H3,(H2,17,18). The third-order valence-electron chi connectivity index (χ3n) is 2.95. The Bertz CT molecular complexity index is 554. The minimum atomic E-state index is -0.378. The number of rotatable bonds is 5. The zero-order valence-electron chi connectivity index (χ0n) is 10.9. The molecule has 2 rings (SSSR count). The summed E-state index contributed by atoms with van der Waals surface area (Å²) in [7, 11) is 0. The summed E-state index contributed by atoms with van der Waals surface area (Å²) in [5, 5.41) is 0. The topological polar surface area (TPSA) is 43.1 Å². The molecule has 0 aliphatic heterocycles. The van der Waals surface area contributed by atoms with Gasteiger partial charge in [-0.15, -0.1) is 11.8 Å². The Balaban J connectivity index is 2.49. The highest BCUT2D eigenvalue weighted by molar-refractivity contribution is 7.99. The zero-order valence-corrected chi connectivity index (χ0v) is 11.7. The van der Waals surface area contributed by atoms with Crippen molar-refractivity contribution in [3.63, 3.8) is 0 Å². The summed E-state index contributed by atoms with van der Waals surface area (Å²) < 4.78 is 0. The average Bonchev–Trinajstić information content (AvgIpc) is 2.42. The van der Waals surface area contributed by atoms with Crippen LogP contribution in [0, 0.1) is 0 Å². The summed E-state index contributed by atoms with van der Waals surface area (Å²) in [5.74, 6) is 0.281. The van der Waals surface area contributed by atoms with E-state index in [-0.39, 0.29) is 11.8 Å². The summed E-state index contributed by atoms with van der Waals surface area (Å²) >= 11 is 1.73. The highest BCUT2D eigenvalue weighted by Crippen LogP contribution is 2.32. The molecule has 0 aliphatic rings. The lowest BCUT2D eigenvalue weighted by Gasteiger charge is -2.17. The highest BCUT2D eigenvalue weighted by atomic mass is 32.2. The maximum absolute atomic E-state index is 11.9. The smallest absolute Gasteiger partial charge is 0.229 e. The van der Waals surface area contributed by atoms with Gasteiger partial charge in [-0.05, 0) is 22.9 Å². The van der Waals surface area contributed by atoms with E-state index in [1.165, 1.54) is 0 Å². The molecule has 98 valence electrons. The van der Waals surface area contributed by atoms with Gasteiger partial charge in [-0.25, -0.2) is 0 Å². The number of nitrogens with two attached hydrogens (primary N) is 1. The monoisotopic (exact) mass is 271 g/mol. The van der Waals surface area contributed by atoms with Crippen molar-refractivity contribution in [1.29, 1.82) is 0 Å². The van der Waals surface area contributed by atoms with E-state index < -0.39 is 0 Å². The first-order chi connectivity index (χ1) is 9.24. The van der Waals surface area contributed by atoms with Gasteiger partial charge in [0.2, 0.25) is 5.91 Å². The molecular weight excluding hydrogens is 254 g/mol. The molecule has 0 aromatic heterocycles. The number of thioether (sulfide) groups is 1. The minimum absolute atomic E-state index is 0.310. The normalized spacial score (nSPS) is 12.1. The van der Waals surface area contributed by atoms with Crippen LogP contribution in [-0.2, 0) is 4.79 Å². The van der Waals surface area contributed by atoms with E-state index >= 15 is 0 Å². The molecule has 1 atom stereocenters. The predicted molar refractivity (Wildman–Crippen MR) is 80.3 cm³/mol. The van der Waals surface area contributed by atoms with Gasteiger partial charge in [0.05, 0.1) is 5.92 Å². The molecule has 0 saturated heterocycles. The van der Waals surface area contributed by atoms with Crippen LogP contribution in [0.2, 0.25) is 0 Å². The molecule has 2 aromatic rings. The van der Waals surface area contributed by atoms with Gasteiger partial charge in [0.1, 0.15) is 0 Å². The minimum Gasteiger partial charge on any atom is -0.369 e. The first-order valence-electron chi connectivity index (χ1n) is 6.30. The number of primary amides is 1. The Morgan fingerprint density at radius 1 is 1.11 bits per heavy atom. The van der Waals surface area contributed by atoms with Crippen LogP contribution in [0.15, 0.2) is 59.5 Å². The van der Waals surface area contributed by atoms with Gasteiger partial charge in [0.25, 0.3) is 0 Å². The van der Waals surface area contributed by atoms with Crippen molar-refractivity contribution < 1.29 is 4.79 Å². The maximum Gasteiger partial charge on any atom is 0.229 e. The fraction of sp³-hybridized carbons (Fsp3) is 0.188. The van der Waals surface area contributed by atoms with Crippen molar-refractivity contribution in [2.45, 2.75) is 17.7 Å². The second-order valence-electron chi connectivity index (χ2n) is 4.22. The van der Waals surface area contributed by atoms with Crippen LogP contribution in [0.4, 0.5) is 0 Å². The molecule has 0 saturated carbocycles. The van der Waals surface area contributed by atoms with E-state index in [2.05, 4.69) is 6.92 Å². The van der Waals surface area contributed by atoms with E-state index in [1.54, 1.807) is 11.8 Å². The van der Waals surface area contributed by atoms with Crippen LogP contribution in [0.1, 0.15) is 24.0 Å². The van der Waals surface area contributed by atoms with E-state index in [0.717, 1.165) is 21.8 Å². The van der Waals surface area contributed by atoms with Gasteiger partial charge in [0, 0.05) is 4.90 Å². The van der Waals surface area contributed by atoms with Crippen LogP contribution in [0.3, 0.4) is 0 Å². The van der Waals surface area contributed by atoms with E-state index in [4.69, 9.17) is 5.73 Å². The van der Waals surface area contributed by atoms with Crippen molar-refractivity contribution in [2.24, 2.45) is 5.73 Å². The van der Waals surface area contributed by atoms with Crippen molar-refractivity contribution >= 4 is 17.7 Å². The van der Waals surface area contributed by atoms with E-state index in [9.17, 15) is 4.79 Å². The number of hydrogen-bond donors (Lipinski definition) is 1. The molecule has 0 bridgehead atoms. The Morgan fingerprint density at radius 3 is 2.37 bits per heavy atom. The maximum atomic E-state index is 11.9. The molecule has 1 unspecified atom stereocenters. The molecule has 3 heteroatoms. The highest BCUT2D eigenvalue weighted by Gasteiger charge is 2.22. The summed E-state index contributed by atoms with van der Waals surface area (Å²) in [4.78, 5) is 13.0. The third kappa shape index (κ3) is 3.18. The summed E-state index contributed by atoms with van der Waals surface area (Å²) in [6.45, 7) is 2.10. The SMILES string of the molecule is CCSc1ccccc1C(C(N)=O)c1ccccc1. The van der Waals surface area contributed by atoms with Crippen molar-refractivity contribution in [3.8, 4) is 0 Å². The van der Waals surface area contributed by atoms with E-state index in [0.29, 0.717) is 0 Å². The third-order valence-corrected chi connectivity index (χ3v) is 3.92. The Hall–Kier alpha value is -1.74. The van der Waals surface area contributed by atoms with Gasteiger partial charge >= 0.3 is 0 Å². The first-order valence-corrected chi connectivity index (χ1v) is 7.28. The quantitative estimate of drug-likeness (QED) is 0.847. The number of hydrogen-bond acceptors (Lipinski definition) is 2. The molecule has 0 radical (unpaired) electrons. The predicted octanol–water partition coefficient (Wildman–Crippen LogP) is 3.42. The number of carbonyl (C=O) groups excluding carboxylic acids is 1. The van der Waals surface area contributed by atoms with Gasteiger partial charge < -0.3 is 5.73 Å². The summed E-state index contributed by atoms with van der Waals surface area (Å²) in [5.41, 5.74) is 7.55. The number of amides is 1. The molecule has 0 heterocycles. The molecular formula is C16H17NOS. The Morgan fingerprint density at radius 2 is 1.74 bits per heavy atom. The number of carbonyl (C=O) groups is 1. The second kappa shape index (κ2) is 6.43. The fourth-order valence-corrected chi connectivity index (χ4v) is 2.99. The second-order valence-corrected chi connectivity index (χ2v) is 5.52. The summed E-state index contributed by atoms with van der Waals surface area (Å²) in [6, 6.07) is 17.7. The van der Waals surface area contributed by atoms with Crippen LogP contribution in [-0.4, -0.2) is 11.7 Å². The molecule has 1 amide bonds. The van der Waals surface area contributed by atoms with Crippen LogP contribution in [0.25, 0.3) is 0 Å². The molecule has 2 nitrogen and oxygen atoms in total. The molecule has 19 heavy (non-hydrogen) atoms. The molecule has 0 fully saturated rings. The Labute approximate surface area is 118 Å². The lowest BCUT2D eigenvalue weighted by Crippen LogP contribution is -2.22.